The highest BCUT2D eigenvalue weighted by Gasteiger charge is 2.43. The van der Waals surface area contributed by atoms with Crippen molar-refractivity contribution >= 4 is 0 Å². The Morgan fingerprint density at radius 1 is 1.36 bits per heavy atom. The summed E-state index contributed by atoms with van der Waals surface area (Å²) < 4.78 is 0. The first-order valence-electron chi connectivity index (χ1n) is 5.40. The topological polar surface area (TPSA) is 38.0 Å². The van der Waals surface area contributed by atoms with Crippen molar-refractivity contribution < 1.29 is 0 Å². The molecule has 74 valence electrons. The summed E-state index contributed by atoms with van der Waals surface area (Å²) in [5.74, 6) is 0. The zero-order valence-electron chi connectivity index (χ0n) is 8.29. The molecule has 1 unspecified atom stereocenters. The summed E-state index contributed by atoms with van der Waals surface area (Å²) >= 11 is 0. The minimum absolute atomic E-state index is 0.231. The van der Waals surface area contributed by atoms with Crippen molar-refractivity contribution in [2.45, 2.75) is 18.9 Å². The maximum Gasteiger partial charge on any atom is 0.0394 e. The second-order valence-corrected chi connectivity index (χ2v) is 4.54. The van der Waals surface area contributed by atoms with Crippen LogP contribution in [0.4, 0.5) is 0 Å². The van der Waals surface area contributed by atoms with Crippen LogP contribution in [0.25, 0.3) is 0 Å². The fourth-order valence-electron chi connectivity index (χ4n) is 2.92. The molecule has 0 amide bonds. The van der Waals surface area contributed by atoms with E-state index in [-0.39, 0.29) is 11.5 Å². The fourth-order valence-corrected chi connectivity index (χ4v) is 2.92. The maximum absolute atomic E-state index is 6.34. The van der Waals surface area contributed by atoms with Gasteiger partial charge in [-0.25, -0.2) is 0 Å². The second-order valence-electron chi connectivity index (χ2n) is 4.54. The van der Waals surface area contributed by atoms with E-state index >= 15 is 0 Å². The van der Waals surface area contributed by atoms with E-state index < -0.39 is 0 Å². The molecule has 0 aromatic heterocycles. The molecule has 3 aliphatic rings. The molecule has 0 radical (unpaired) electrons. The molecule has 2 nitrogen and oxygen atoms in total. The van der Waals surface area contributed by atoms with E-state index in [0.29, 0.717) is 0 Å². The summed E-state index contributed by atoms with van der Waals surface area (Å²) in [6.45, 7) is 2.21. The molecule has 1 aliphatic heterocycles. The Hall–Kier alpha value is -0.860. The third-order valence-electron chi connectivity index (χ3n) is 3.82. The van der Waals surface area contributed by atoms with Gasteiger partial charge in [-0.3, -0.25) is 0 Å². The van der Waals surface area contributed by atoms with Crippen LogP contribution in [-0.2, 0) is 0 Å². The molecule has 0 saturated carbocycles. The number of nitrogens with one attached hydrogen (secondary N) is 1. The van der Waals surface area contributed by atoms with Gasteiger partial charge in [-0.15, -0.1) is 0 Å². The molecule has 1 atom stereocenters. The van der Waals surface area contributed by atoms with E-state index in [1.165, 1.54) is 24.0 Å². The van der Waals surface area contributed by atoms with Crippen LogP contribution in [0.15, 0.2) is 35.5 Å². The average molecular weight is 188 g/mol. The standard InChI is InChI=1S/C12H16N2/c13-11-10-3-1-2-9(10)8-12(11)4-6-14-7-5-12/h1-3,8,11,14H,4-7,13H2. The highest BCUT2D eigenvalue weighted by molar-refractivity contribution is 5.57. The van der Waals surface area contributed by atoms with Crippen molar-refractivity contribution in [1.29, 1.82) is 0 Å². The summed E-state index contributed by atoms with van der Waals surface area (Å²) in [6, 6.07) is 0.231. The predicted molar refractivity (Wildman–Crippen MR) is 57.8 cm³/mol. The predicted octanol–water partition coefficient (Wildman–Crippen LogP) is 1.12. The van der Waals surface area contributed by atoms with Gasteiger partial charge in [0.1, 0.15) is 0 Å². The van der Waals surface area contributed by atoms with Gasteiger partial charge in [0.25, 0.3) is 0 Å². The molecule has 1 fully saturated rings. The molecule has 3 N–H and O–H groups in total. The molecular weight excluding hydrogens is 172 g/mol. The van der Waals surface area contributed by atoms with E-state index in [2.05, 4.69) is 29.6 Å². The second kappa shape index (κ2) is 2.81. The highest BCUT2D eigenvalue weighted by Crippen LogP contribution is 2.46. The van der Waals surface area contributed by atoms with E-state index in [1.807, 2.05) is 0 Å². The summed E-state index contributed by atoms with van der Waals surface area (Å²) in [5, 5.41) is 3.40. The Kier molecular flexibility index (Phi) is 1.70. The zero-order chi connectivity index (χ0) is 9.60. The first kappa shape index (κ1) is 8.45. The molecule has 14 heavy (non-hydrogen) atoms. The molecule has 2 heteroatoms. The zero-order valence-corrected chi connectivity index (χ0v) is 8.29. The summed E-state index contributed by atoms with van der Waals surface area (Å²) in [4.78, 5) is 0. The van der Waals surface area contributed by atoms with Crippen LogP contribution in [-0.4, -0.2) is 19.1 Å². The number of rotatable bonds is 0. The van der Waals surface area contributed by atoms with Crippen LogP contribution in [0.2, 0.25) is 0 Å². The van der Waals surface area contributed by atoms with Crippen molar-refractivity contribution in [3.05, 3.63) is 35.5 Å². The quantitative estimate of drug-likeness (QED) is 0.598. The lowest BCUT2D eigenvalue weighted by atomic mass is 9.75. The van der Waals surface area contributed by atoms with Crippen molar-refractivity contribution in [2.24, 2.45) is 11.1 Å². The van der Waals surface area contributed by atoms with Crippen molar-refractivity contribution in [1.82, 2.24) is 5.32 Å². The van der Waals surface area contributed by atoms with Crippen LogP contribution in [0.3, 0.4) is 0 Å². The molecule has 1 heterocycles. The number of hydrogen-bond donors (Lipinski definition) is 2. The monoisotopic (exact) mass is 188 g/mol. The van der Waals surface area contributed by atoms with Gasteiger partial charge in [-0.05, 0) is 37.1 Å². The Balaban J connectivity index is 1.98. The van der Waals surface area contributed by atoms with Gasteiger partial charge in [-0.2, -0.15) is 0 Å². The van der Waals surface area contributed by atoms with Crippen molar-refractivity contribution in [2.75, 3.05) is 13.1 Å². The Morgan fingerprint density at radius 2 is 2.14 bits per heavy atom. The minimum Gasteiger partial charge on any atom is -0.323 e. The Bertz CT molecular complexity index is 343. The maximum atomic E-state index is 6.34. The van der Waals surface area contributed by atoms with Gasteiger partial charge in [0, 0.05) is 11.5 Å². The lowest BCUT2D eigenvalue weighted by Gasteiger charge is -2.36. The molecule has 0 bridgehead atoms. The third-order valence-corrected chi connectivity index (χ3v) is 3.82. The molecule has 0 aromatic carbocycles. The van der Waals surface area contributed by atoms with E-state index in [9.17, 15) is 0 Å². The van der Waals surface area contributed by atoms with Crippen LogP contribution < -0.4 is 11.1 Å². The van der Waals surface area contributed by atoms with Crippen LogP contribution >= 0.6 is 0 Å². The van der Waals surface area contributed by atoms with Gasteiger partial charge in [0.05, 0.1) is 0 Å². The van der Waals surface area contributed by atoms with E-state index in [1.54, 1.807) is 0 Å². The van der Waals surface area contributed by atoms with Gasteiger partial charge in [-0.1, -0.05) is 24.3 Å². The number of allylic oxidation sites excluding steroid dienone is 3. The SMILES string of the molecule is NC1C2=CC=CC2=CC12CCNCC2. The number of hydrogen-bond acceptors (Lipinski definition) is 2. The van der Waals surface area contributed by atoms with Gasteiger partial charge in [0.2, 0.25) is 0 Å². The Labute approximate surface area is 84.6 Å². The van der Waals surface area contributed by atoms with Gasteiger partial charge in [0.15, 0.2) is 0 Å². The van der Waals surface area contributed by atoms with Gasteiger partial charge >= 0.3 is 0 Å². The number of nitrogens with two attached hydrogens (primary N) is 1. The Morgan fingerprint density at radius 3 is 2.86 bits per heavy atom. The van der Waals surface area contributed by atoms with Gasteiger partial charge < -0.3 is 11.1 Å². The number of piperidine rings is 1. The summed E-state index contributed by atoms with van der Waals surface area (Å²) in [6.07, 6.45) is 11.2. The lowest BCUT2D eigenvalue weighted by molar-refractivity contribution is 0.251. The summed E-state index contributed by atoms with van der Waals surface area (Å²) in [7, 11) is 0. The van der Waals surface area contributed by atoms with E-state index in [0.717, 1.165) is 13.1 Å². The van der Waals surface area contributed by atoms with E-state index in [4.69, 9.17) is 5.73 Å². The van der Waals surface area contributed by atoms with Crippen LogP contribution in [0.5, 0.6) is 0 Å². The van der Waals surface area contributed by atoms with Crippen LogP contribution in [0.1, 0.15) is 12.8 Å². The van der Waals surface area contributed by atoms with Crippen molar-refractivity contribution in [3.63, 3.8) is 0 Å². The van der Waals surface area contributed by atoms with Crippen molar-refractivity contribution in [3.8, 4) is 0 Å². The third kappa shape index (κ3) is 0.983. The molecule has 0 aromatic rings. The fraction of sp³-hybridized carbons (Fsp3) is 0.500. The molecule has 1 saturated heterocycles. The molecular formula is C12H16N2. The normalized spacial score (nSPS) is 33.1. The highest BCUT2D eigenvalue weighted by atomic mass is 14.9. The largest absolute Gasteiger partial charge is 0.323 e. The average Bonchev–Trinajstić information content (AvgIpc) is 2.73. The molecule has 3 rings (SSSR count). The number of fused-ring (bicyclic) bond motifs is 1. The molecule has 2 aliphatic carbocycles. The minimum atomic E-state index is 0.231. The lowest BCUT2D eigenvalue weighted by Crippen LogP contribution is -2.45. The molecule has 1 spiro atoms. The van der Waals surface area contributed by atoms with Crippen LogP contribution in [0, 0.1) is 5.41 Å². The first-order valence-corrected chi connectivity index (χ1v) is 5.40. The summed E-state index contributed by atoms with van der Waals surface area (Å²) in [5.41, 5.74) is 9.33. The smallest absolute Gasteiger partial charge is 0.0394 e. The first-order chi connectivity index (χ1) is 6.82.